The van der Waals surface area contributed by atoms with Crippen molar-refractivity contribution in [3.63, 3.8) is 0 Å². The van der Waals surface area contributed by atoms with Crippen LogP contribution in [-0.2, 0) is 4.74 Å². The second kappa shape index (κ2) is 6.74. The van der Waals surface area contributed by atoms with E-state index in [4.69, 9.17) is 26.8 Å². The van der Waals surface area contributed by atoms with Gasteiger partial charge in [0.25, 0.3) is 0 Å². The number of halogens is 1. The second-order valence-corrected chi connectivity index (χ2v) is 3.95. The van der Waals surface area contributed by atoms with Crippen molar-refractivity contribution in [2.75, 3.05) is 19.8 Å². The Hall–Kier alpha value is -0.770. The summed E-state index contributed by atoms with van der Waals surface area (Å²) >= 11 is 5.91. The maximum atomic E-state index is 5.91. The summed E-state index contributed by atoms with van der Waals surface area (Å²) in [5.74, 6) is 0.777. The Labute approximate surface area is 101 Å². The fourth-order valence-corrected chi connectivity index (χ4v) is 1.54. The summed E-state index contributed by atoms with van der Waals surface area (Å²) in [6.45, 7) is 5.66. The van der Waals surface area contributed by atoms with Crippen LogP contribution in [0.3, 0.4) is 0 Å². The lowest BCUT2D eigenvalue weighted by molar-refractivity contribution is 0.109. The predicted molar refractivity (Wildman–Crippen MR) is 66.0 cm³/mol. The van der Waals surface area contributed by atoms with E-state index in [0.717, 1.165) is 11.3 Å². The maximum absolute atomic E-state index is 5.91. The minimum Gasteiger partial charge on any atom is -0.491 e. The molecule has 90 valence electrons. The molecule has 16 heavy (non-hydrogen) atoms. The number of rotatable bonds is 6. The maximum Gasteiger partial charge on any atom is 0.124 e. The van der Waals surface area contributed by atoms with Gasteiger partial charge in [-0.05, 0) is 32.0 Å². The van der Waals surface area contributed by atoms with Crippen molar-refractivity contribution in [2.24, 2.45) is 5.73 Å². The molecule has 0 saturated carbocycles. The summed E-state index contributed by atoms with van der Waals surface area (Å²) in [5.41, 5.74) is 6.76. The number of nitrogens with two attached hydrogens (primary N) is 1. The van der Waals surface area contributed by atoms with Gasteiger partial charge in [-0.3, -0.25) is 0 Å². The lowest BCUT2D eigenvalue weighted by Crippen LogP contribution is -2.11. The van der Waals surface area contributed by atoms with E-state index in [2.05, 4.69) is 0 Å². The van der Waals surface area contributed by atoms with E-state index in [1.165, 1.54) is 0 Å². The topological polar surface area (TPSA) is 44.5 Å². The van der Waals surface area contributed by atoms with Gasteiger partial charge in [-0.1, -0.05) is 11.6 Å². The molecule has 1 atom stereocenters. The fraction of sp³-hybridized carbons (Fsp3) is 0.500. The van der Waals surface area contributed by atoms with Crippen LogP contribution in [0.2, 0.25) is 5.02 Å². The molecule has 2 N–H and O–H groups in total. The molecule has 0 aliphatic heterocycles. The Morgan fingerprint density at radius 3 is 2.75 bits per heavy atom. The summed E-state index contributed by atoms with van der Waals surface area (Å²) in [5, 5.41) is 0.671. The van der Waals surface area contributed by atoms with E-state index in [1.54, 1.807) is 6.07 Å². The zero-order valence-electron chi connectivity index (χ0n) is 9.70. The molecule has 0 spiro atoms. The molecule has 0 amide bonds. The fourth-order valence-electron chi connectivity index (χ4n) is 1.36. The summed E-state index contributed by atoms with van der Waals surface area (Å²) < 4.78 is 10.8. The van der Waals surface area contributed by atoms with Crippen LogP contribution in [0.25, 0.3) is 0 Å². The highest BCUT2D eigenvalue weighted by atomic mass is 35.5. The van der Waals surface area contributed by atoms with Crippen LogP contribution in [0, 0.1) is 0 Å². The molecule has 0 saturated heterocycles. The van der Waals surface area contributed by atoms with Gasteiger partial charge in [0.1, 0.15) is 12.4 Å². The van der Waals surface area contributed by atoms with E-state index in [9.17, 15) is 0 Å². The molecule has 0 aromatic heterocycles. The van der Waals surface area contributed by atoms with Crippen molar-refractivity contribution in [1.29, 1.82) is 0 Å². The first-order valence-electron chi connectivity index (χ1n) is 5.40. The van der Waals surface area contributed by atoms with Gasteiger partial charge in [0.2, 0.25) is 0 Å². The Morgan fingerprint density at radius 1 is 1.38 bits per heavy atom. The van der Waals surface area contributed by atoms with E-state index in [0.29, 0.717) is 24.8 Å². The smallest absolute Gasteiger partial charge is 0.124 e. The van der Waals surface area contributed by atoms with Crippen LogP contribution in [0.1, 0.15) is 25.5 Å². The molecule has 1 aromatic rings. The molecule has 3 nitrogen and oxygen atoms in total. The predicted octanol–water partition coefficient (Wildman–Crippen LogP) is 2.78. The van der Waals surface area contributed by atoms with Gasteiger partial charge >= 0.3 is 0 Å². The molecular weight excluding hydrogens is 226 g/mol. The molecule has 0 fully saturated rings. The first-order chi connectivity index (χ1) is 7.65. The normalized spacial score (nSPS) is 12.5. The monoisotopic (exact) mass is 243 g/mol. The largest absolute Gasteiger partial charge is 0.491 e. The van der Waals surface area contributed by atoms with Crippen LogP contribution in [-0.4, -0.2) is 19.8 Å². The van der Waals surface area contributed by atoms with Crippen molar-refractivity contribution in [2.45, 2.75) is 19.9 Å². The van der Waals surface area contributed by atoms with E-state index >= 15 is 0 Å². The number of ether oxygens (including phenoxy) is 2. The molecule has 0 aliphatic carbocycles. The first kappa shape index (κ1) is 13.3. The highest BCUT2D eigenvalue weighted by Gasteiger charge is 2.08. The van der Waals surface area contributed by atoms with Crippen LogP contribution >= 0.6 is 11.6 Å². The van der Waals surface area contributed by atoms with Gasteiger partial charge in [0, 0.05) is 23.2 Å². The third-order valence-corrected chi connectivity index (χ3v) is 2.39. The van der Waals surface area contributed by atoms with Crippen molar-refractivity contribution in [3.8, 4) is 5.75 Å². The lowest BCUT2D eigenvalue weighted by atomic mass is 10.1. The standard InChI is InChI=1S/C12H18ClNO2/c1-3-15-6-7-16-12-5-4-10(13)8-11(12)9(2)14/h4-5,8-9H,3,6-7,14H2,1-2H3/t9-/m1/s1. The molecule has 4 heteroatoms. The minimum absolute atomic E-state index is 0.0965. The van der Waals surface area contributed by atoms with Crippen molar-refractivity contribution < 1.29 is 9.47 Å². The molecular formula is C12H18ClNO2. The Morgan fingerprint density at radius 2 is 2.12 bits per heavy atom. The van der Waals surface area contributed by atoms with Gasteiger partial charge in [-0.25, -0.2) is 0 Å². The van der Waals surface area contributed by atoms with Crippen LogP contribution < -0.4 is 10.5 Å². The van der Waals surface area contributed by atoms with Crippen molar-refractivity contribution in [1.82, 2.24) is 0 Å². The van der Waals surface area contributed by atoms with Gasteiger partial charge in [-0.2, -0.15) is 0 Å². The molecule has 1 aromatic carbocycles. The lowest BCUT2D eigenvalue weighted by Gasteiger charge is -2.14. The summed E-state index contributed by atoms with van der Waals surface area (Å²) in [4.78, 5) is 0. The van der Waals surface area contributed by atoms with Gasteiger partial charge < -0.3 is 15.2 Å². The summed E-state index contributed by atoms with van der Waals surface area (Å²) in [7, 11) is 0. The second-order valence-electron chi connectivity index (χ2n) is 3.52. The average molecular weight is 244 g/mol. The van der Waals surface area contributed by atoms with E-state index in [-0.39, 0.29) is 6.04 Å². The Bertz CT molecular complexity index is 329. The van der Waals surface area contributed by atoms with Crippen molar-refractivity contribution in [3.05, 3.63) is 28.8 Å². The van der Waals surface area contributed by atoms with E-state index in [1.807, 2.05) is 26.0 Å². The SMILES string of the molecule is CCOCCOc1ccc(Cl)cc1[C@@H](C)N. The highest BCUT2D eigenvalue weighted by Crippen LogP contribution is 2.27. The minimum atomic E-state index is -0.0965. The number of hydrogen-bond acceptors (Lipinski definition) is 3. The molecule has 0 unspecified atom stereocenters. The summed E-state index contributed by atoms with van der Waals surface area (Å²) in [6.07, 6.45) is 0. The third-order valence-electron chi connectivity index (χ3n) is 2.15. The molecule has 0 radical (unpaired) electrons. The zero-order valence-corrected chi connectivity index (χ0v) is 10.5. The van der Waals surface area contributed by atoms with Crippen LogP contribution in [0.4, 0.5) is 0 Å². The van der Waals surface area contributed by atoms with Gasteiger partial charge in [0.15, 0.2) is 0 Å². The van der Waals surface area contributed by atoms with Gasteiger partial charge in [0.05, 0.1) is 6.61 Å². The third kappa shape index (κ3) is 4.00. The quantitative estimate of drug-likeness (QED) is 0.782. The van der Waals surface area contributed by atoms with Crippen LogP contribution in [0.15, 0.2) is 18.2 Å². The van der Waals surface area contributed by atoms with Crippen LogP contribution in [0.5, 0.6) is 5.75 Å². The van der Waals surface area contributed by atoms with Crippen molar-refractivity contribution >= 4 is 11.6 Å². The van der Waals surface area contributed by atoms with E-state index < -0.39 is 0 Å². The molecule has 0 aliphatic rings. The Balaban J connectivity index is 2.64. The van der Waals surface area contributed by atoms with Gasteiger partial charge in [-0.15, -0.1) is 0 Å². The Kier molecular flexibility index (Phi) is 5.60. The molecule has 0 heterocycles. The average Bonchev–Trinajstić information content (AvgIpc) is 2.26. The molecule has 0 bridgehead atoms. The molecule has 1 rings (SSSR count). The first-order valence-corrected chi connectivity index (χ1v) is 5.78. The zero-order chi connectivity index (χ0) is 12.0. The number of benzene rings is 1. The highest BCUT2D eigenvalue weighted by molar-refractivity contribution is 6.30. The summed E-state index contributed by atoms with van der Waals surface area (Å²) in [6, 6.07) is 5.37. The number of hydrogen-bond donors (Lipinski definition) is 1.